The highest BCUT2D eigenvalue weighted by molar-refractivity contribution is 14.1. The van der Waals surface area contributed by atoms with Crippen molar-refractivity contribution < 1.29 is 9.18 Å². The van der Waals surface area contributed by atoms with E-state index in [-0.39, 0.29) is 18.0 Å². The van der Waals surface area contributed by atoms with Crippen molar-refractivity contribution in [2.24, 2.45) is 0 Å². The van der Waals surface area contributed by atoms with Gasteiger partial charge in [-0.3, -0.25) is 4.79 Å². The van der Waals surface area contributed by atoms with Crippen molar-refractivity contribution in [1.82, 2.24) is 0 Å². The first kappa shape index (κ1) is 13.7. The Morgan fingerprint density at radius 1 is 1.17 bits per heavy atom. The molecule has 0 unspecified atom stereocenters. The second-order valence-electron chi connectivity index (χ2n) is 3.84. The maximum absolute atomic E-state index is 13.1. The zero-order chi connectivity index (χ0) is 13.1. The van der Waals surface area contributed by atoms with Gasteiger partial charge in [0.2, 0.25) is 0 Å². The molecule has 0 aliphatic rings. The summed E-state index contributed by atoms with van der Waals surface area (Å²) in [6, 6.07) is 11.7. The lowest BCUT2D eigenvalue weighted by Crippen LogP contribution is -2.04. The third-order valence-corrected chi connectivity index (χ3v) is 4.02. The lowest BCUT2D eigenvalue weighted by Gasteiger charge is -2.04. The van der Waals surface area contributed by atoms with Crippen molar-refractivity contribution in [3.05, 3.63) is 67.5 Å². The number of benzene rings is 2. The maximum Gasteiger partial charge on any atom is 0.167 e. The van der Waals surface area contributed by atoms with Gasteiger partial charge in [-0.05, 0) is 58.5 Å². The summed E-state index contributed by atoms with van der Waals surface area (Å²) in [6.07, 6.45) is 0.193. The minimum absolute atomic E-state index is 0.0160. The average molecular weight is 419 g/mol. The van der Waals surface area contributed by atoms with Crippen LogP contribution < -0.4 is 0 Å². The van der Waals surface area contributed by atoms with Crippen molar-refractivity contribution in [3.8, 4) is 0 Å². The van der Waals surface area contributed by atoms with Gasteiger partial charge in [0.15, 0.2) is 5.78 Å². The van der Waals surface area contributed by atoms with Crippen LogP contribution in [-0.2, 0) is 6.42 Å². The van der Waals surface area contributed by atoms with E-state index in [0.717, 1.165) is 8.04 Å². The van der Waals surface area contributed by atoms with Crippen LogP contribution in [0.3, 0.4) is 0 Å². The molecule has 0 aliphatic carbocycles. The van der Waals surface area contributed by atoms with Crippen LogP contribution in [0.1, 0.15) is 15.9 Å². The number of hydrogen-bond donors (Lipinski definition) is 0. The second-order valence-corrected chi connectivity index (χ2v) is 5.94. The predicted molar refractivity (Wildman–Crippen MR) is 81.3 cm³/mol. The standard InChI is InChI=1S/C14H9BrFIO/c15-13-6-3-11(16)7-10(13)8-14(18)9-1-4-12(17)5-2-9/h1-7H,8H2. The molecule has 4 heteroatoms. The van der Waals surface area contributed by atoms with Gasteiger partial charge in [-0.15, -0.1) is 0 Å². The van der Waals surface area contributed by atoms with Crippen LogP contribution in [0, 0.1) is 9.39 Å². The first-order valence-corrected chi connectivity index (χ1v) is 7.16. The summed E-state index contributed by atoms with van der Waals surface area (Å²) >= 11 is 5.51. The van der Waals surface area contributed by atoms with Gasteiger partial charge in [-0.25, -0.2) is 4.39 Å². The molecule has 92 valence electrons. The minimum atomic E-state index is -0.330. The van der Waals surface area contributed by atoms with Crippen LogP contribution in [0.25, 0.3) is 0 Å². The Hall–Kier alpha value is -0.750. The molecule has 18 heavy (non-hydrogen) atoms. The number of halogens is 3. The SMILES string of the molecule is O=C(Cc1cc(F)ccc1Br)c1ccc(I)cc1. The molecule has 1 nitrogen and oxygen atoms in total. The molecule has 0 aromatic heterocycles. The van der Waals surface area contributed by atoms with Crippen molar-refractivity contribution in [1.29, 1.82) is 0 Å². The number of Topliss-reactive ketones (excluding diaryl/α,β-unsaturated/α-hetero) is 1. The Balaban J connectivity index is 2.21. The zero-order valence-corrected chi connectivity index (χ0v) is 13.0. The molecule has 0 heterocycles. The van der Waals surface area contributed by atoms with Gasteiger partial charge in [0.1, 0.15) is 5.82 Å². The summed E-state index contributed by atoms with van der Waals surface area (Å²) in [4.78, 5) is 12.0. The van der Waals surface area contributed by atoms with Crippen molar-refractivity contribution in [2.45, 2.75) is 6.42 Å². The molecule has 0 atom stereocenters. The molecular formula is C14H9BrFIO. The number of hydrogen-bond acceptors (Lipinski definition) is 1. The molecular weight excluding hydrogens is 410 g/mol. The Labute approximate surface area is 127 Å². The summed E-state index contributed by atoms with van der Waals surface area (Å²) in [5.74, 6) is -0.346. The summed E-state index contributed by atoms with van der Waals surface area (Å²) in [7, 11) is 0. The summed E-state index contributed by atoms with van der Waals surface area (Å²) in [5, 5.41) is 0. The number of rotatable bonds is 3. The van der Waals surface area contributed by atoms with Crippen molar-refractivity contribution in [2.75, 3.05) is 0 Å². The van der Waals surface area contributed by atoms with Crippen molar-refractivity contribution in [3.63, 3.8) is 0 Å². The van der Waals surface area contributed by atoms with E-state index in [2.05, 4.69) is 38.5 Å². The van der Waals surface area contributed by atoms with E-state index < -0.39 is 0 Å². The quantitative estimate of drug-likeness (QED) is 0.525. The van der Waals surface area contributed by atoms with E-state index in [9.17, 15) is 9.18 Å². The van der Waals surface area contributed by atoms with Gasteiger partial charge in [0.05, 0.1) is 0 Å². The highest BCUT2D eigenvalue weighted by Crippen LogP contribution is 2.20. The van der Waals surface area contributed by atoms with Gasteiger partial charge in [-0.2, -0.15) is 0 Å². The summed E-state index contributed by atoms with van der Waals surface area (Å²) in [5.41, 5.74) is 1.31. The van der Waals surface area contributed by atoms with Gasteiger partial charge in [0, 0.05) is 20.0 Å². The molecule has 0 spiro atoms. The van der Waals surface area contributed by atoms with Crippen LogP contribution in [0.2, 0.25) is 0 Å². The summed E-state index contributed by atoms with van der Waals surface area (Å²) < 4.78 is 15.0. The fourth-order valence-corrected chi connectivity index (χ4v) is 2.34. The predicted octanol–water partition coefficient (Wildman–Crippen LogP) is 4.62. The lowest BCUT2D eigenvalue weighted by molar-refractivity contribution is 0.0993. The van der Waals surface area contributed by atoms with Crippen LogP contribution in [0.15, 0.2) is 46.9 Å². The molecule has 0 amide bonds. The highest BCUT2D eigenvalue weighted by atomic mass is 127. The smallest absolute Gasteiger partial charge is 0.167 e. The lowest BCUT2D eigenvalue weighted by atomic mass is 10.0. The molecule has 0 fully saturated rings. The van der Waals surface area contributed by atoms with Crippen molar-refractivity contribution >= 4 is 44.3 Å². The summed E-state index contributed by atoms with van der Waals surface area (Å²) in [6.45, 7) is 0. The van der Waals surface area contributed by atoms with Gasteiger partial charge in [-0.1, -0.05) is 28.1 Å². The maximum atomic E-state index is 13.1. The third kappa shape index (κ3) is 3.38. The minimum Gasteiger partial charge on any atom is -0.294 e. The molecule has 0 saturated heterocycles. The topological polar surface area (TPSA) is 17.1 Å². The molecule has 2 aromatic rings. The number of carbonyl (C=O) groups is 1. The van der Waals surface area contributed by atoms with E-state index in [0.29, 0.717) is 11.1 Å². The highest BCUT2D eigenvalue weighted by Gasteiger charge is 2.10. The van der Waals surface area contributed by atoms with E-state index >= 15 is 0 Å². The van der Waals surface area contributed by atoms with Crippen LogP contribution in [-0.4, -0.2) is 5.78 Å². The first-order chi connectivity index (χ1) is 8.56. The molecule has 0 bridgehead atoms. The zero-order valence-electron chi connectivity index (χ0n) is 9.29. The Kier molecular flexibility index (Phi) is 4.50. The van der Waals surface area contributed by atoms with Crippen LogP contribution in [0.4, 0.5) is 4.39 Å². The van der Waals surface area contributed by atoms with E-state index in [1.165, 1.54) is 12.1 Å². The number of ketones is 1. The van der Waals surface area contributed by atoms with E-state index in [1.54, 1.807) is 18.2 Å². The normalized spacial score (nSPS) is 10.4. The molecule has 2 aromatic carbocycles. The first-order valence-electron chi connectivity index (χ1n) is 5.29. The monoisotopic (exact) mass is 418 g/mol. The van der Waals surface area contributed by atoms with Gasteiger partial charge < -0.3 is 0 Å². The largest absolute Gasteiger partial charge is 0.294 e. The van der Waals surface area contributed by atoms with E-state index in [1.807, 2.05) is 12.1 Å². The Bertz CT molecular complexity index is 581. The molecule has 2 rings (SSSR count). The number of carbonyl (C=O) groups excluding carboxylic acids is 1. The molecule has 0 saturated carbocycles. The average Bonchev–Trinajstić information content (AvgIpc) is 2.34. The van der Waals surface area contributed by atoms with Gasteiger partial charge in [0.25, 0.3) is 0 Å². The molecule has 0 N–H and O–H groups in total. The van der Waals surface area contributed by atoms with Crippen LogP contribution in [0.5, 0.6) is 0 Å². The fraction of sp³-hybridized carbons (Fsp3) is 0.0714. The molecule has 0 aliphatic heterocycles. The third-order valence-electron chi connectivity index (χ3n) is 2.52. The van der Waals surface area contributed by atoms with Crippen LogP contribution >= 0.6 is 38.5 Å². The Morgan fingerprint density at radius 3 is 2.50 bits per heavy atom. The van der Waals surface area contributed by atoms with Gasteiger partial charge >= 0.3 is 0 Å². The Morgan fingerprint density at radius 2 is 1.83 bits per heavy atom. The molecule has 0 radical (unpaired) electrons. The second kappa shape index (κ2) is 5.93. The van der Waals surface area contributed by atoms with E-state index in [4.69, 9.17) is 0 Å². The fourth-order valence-electron chi connectivity index (χ4n) is 1.59.